The lowest BCUT2D eigenvalue weighted by molar-refractivity contribution is -0.143. The third-order valence-corrected chi connectivity index (χ3v) is 3.11. The van der Waals surface area contributed by atoms with E-state index in [1.165, 1.54) is 6.08 Å². The van der Waals surface area contributed by atoms with Crippen molar-refractivity contribution in [1.29, 1.82) is 0 Å². The molecule has 0 saturated carbocycles. The Morgan fingerprint density at radius 2 is 2.05 bits per heavy atom. The van der Waals surface area contributed by atoms with E-state index in [1.807, 2.05) is 0 Å². The first-order chi connectivity index (χ1) is 8.80. The van der Waals surface area contributed by atoms with Gasteiger partial charge in [-0.15, -0.1) is 0 Å². The number of hydrogen-bond donors (Lipinski definition) is 4. The maximum Gasteiger partial charge on any atom is 0.329 e. The van der Waals surface area contributed by atoms with E-state index in [-0.39, 0.29) is 13.2 Å². The summed E-state index contributed by atoms with van der Waals surface area (Å²) in [4.78, 5) is 29.3. The fraction of sp³-hybridized carbons (Fsp3) is 0.727. The van der Waals surface area contributed by atoms with Crippen LogP contribution in [0.25, 0.3) is 0 Å². The predicted octanol–water partition coefficient (Wildman–Crippen LogP) is 0.143. The maximum atomic E-state index is 11.3. The van der Waals surface area contributed by atoms with Gasteiger partial charge in [-0.2, -0.15) is 0 Å². The van der Waals surface area contributed by atoms with E-state index in [1.54, 1.807) is 6.92 Å². The highest BCUT2D eigenvalue weighted by Gasteiger charge is 2.19. The molecule has 0 bridgehead atoms. The Morgan fingerprint density at radius 3 is 2.53 bits per heavy atom. The number of carbonyl (C=O) groups excluding carboxylic acids is 1. The van der Waals surface area contributed by atoms with Crippen molar-refractivity contribution in [2.24, 2.45) is 5.73 Å². The molecule has 0 aliphatic heterocycles. The number of aliphatic hydroxyl groups is 1. The molecular formula is C11H22NO6P. The number of rotatable bonds is 9. The van der Waals surface area contributed by atoms with Gasteiger partial charge in [0.1, 0.15) is 6.04 Å². The number of esters is 1. The molecule has 0 saturated heterocycles. The van der Waals surface area contributed by atoms with Crippen LogP contribution in [0.15, 0.2) is 11.6 Å². The lowest BCUT2D eigenvalue weighted by Gasteiger charge is -2.12. The van der Waals surface area contributed by atoms with Crippen molar-refractivity contribution < 1.29 is 29.0 Å². The number of allylic oxidation sites excluding steroid dienone is 1. The SMILES string of the molecule is CCOC(=O)C(N)/C=C(/CCCCO)CP(=O)(O)O. The second kappa shape index (κ2) is 9.23. The normalized spacial score (nSPS) is 14.3. The van der Waals surface area contributed by atoms with E-state index in [2.05, 4.69) is 0 Å². The fourth-order valence-corrected chi connectivity index (χ4v) is 2.30. The smallest absolute Gasteiger partial charge is 0.329 e. The second-order valence-corrected chi connectivity index (χ2v) is 5.75. The summed E-state index contributed by atoms with van der Waals surface area (Å²) in [7, 11) is -4.21. The first-order valence-electron chi connectivity index (χ1n) is 6.07. The van der Waals surface area contributed by atoms with Gasteiger partial charge >= 0.3 is 13.6 Å². The molecule has 0 amide bonds. The molecule has 5 N–H and O–H groups in total. The summed E-state index contributed by atoms with van der Waals surface area (Å²) in [5.74, 6) is -0.632. The van der Waals surface area contributed by atoms with Crippen LogP contribution in [0, 0.1) is 0 Å². The molecule has 19 heavy (non-hydrogen) atoms. The first-order valence-corrected chi connectivity index (χ1v) is 7.87. The maximum absolute atomic E-state index is 11.3. The van der Waals surface area contributed by atoms with Crippen molar-refractivity contribution in [3.05, 3.63) is 11.6 Å². The molecule has 0 heterocycles. The average molecular weight is 295 g/mol. The van der Waals surface area contributed by atoms with E-state index in [0.29, 0.717) is 24.8 Å². The Balaban J connectivity index is 4.69. The van der Waals surface area contributed by atoms with Crippen molar-refractivity contribution in [2.45, 2.75) is 32.2 Å². The highest BCUT2D eigenvalue weighted by Crippen LogP contribution is 2.37. The zero-order valence-electron chi connectivity index (χ0n) is 11.0. The van der Waals surface area contributed by atoms with Crippen molar-refractivity contribution in [3.8, 4) is 0 Å². The van der Waals surface area contributed by atoms with Gasteiger partial charge in [-0.3, -0.25) is 9.36 Å². The topological polar surface area (TPSA) is 130 Å². The monoisotopic (exact) mass is 295 g/mol. The van der Waals surface area contributed by atoms with Gasteiger partial charge in [0.05, 0.1) is 12.8 Å². The molecule has 0 aliphatic carbocycles. The molecule has 0 aromatic heterocycles. The predicted molar refractivity (Wildman–Crippen MR) is 70.5 cm³/mol. The van der Waals surface area contributed by atoms with Crippen LogP contribution in [0.3, 0.4) is 0 Å². The minimum Gasteiger partial charge on any atom is -0.465 e. The Bertz CT molecular complexity index is 351. The molecule has 1 unspecified atom stereocenters. The molecule has 112 valence electrons. The Morgan fingerprint density at radius 1 is 1.42 bits per heavy atom. The van der Waals surface area contributed by atoms with Crippen LogP contribution in [-0.2, 0) is 14.1 Å². The quantitative estimate of drug-likeness (QED) is 0.206. The van der Waals surface area contributed by atoms with Crippen LogP contribution < -0.4 is 5.73 Å². The Labute approximate surface area is 112 Å². The minimum atomic E-state index is -4.21. The van der Waals surface area contributed by atoms with E-state index in [0.717, 1.165) is 0 Å². The number of nitrogens with two attached hydrogens (primary N) is 1. The molecule has 0 aliphatic rings. The Hall–Kier alpha value is -0.720. The molecule has 0 fully saturated rings. The number of aliphatic hydroxyl groups excluding tert-OH is 1. The van der Waals surface area contributed by atoms with E-state index in [4.69, 9.17) is 25.4 Å². The van der Waals surface area contributed by atoms with Crippen molar-refractivity contribution in [3.63, 3.8) is 0 Å². The molecule has 1 atom stereocenters. The molecule has 8 heteroatoms. The second-order valence-electron chi connectivity index (χ2n) is 4.11. The molecule has 0 aromatic rings. The van der Waals surface area contributed by atoms with Crippen LogP contribution in [-0.4, -0.2) is 46.3 Å². The van der Waals surface area contributed by atoms with Gasteiger partial charge < -0.3 is 25.4 Å². The van der Waals surface area contributed by atoms with Gasteiger partial charge in [0.2, 0.25) is 0 Å². The molecule has 0 aromatic carbocycles. The van der Waals surface area contributed by atoms with Crippen LogP contribution in [0.5, 0.6) is 0 Å². The van der Waals surface area contributed by atoms with Gasteiger partial charge in [-0.1, -0.05) is 11.6 Å². The molecule has 0 rings (SSSR count). The fourth-order valence-electron chi connectivity index (χ4n) is 1.50. The first kappa shape index (κ1) is 18.3. The van der Waals surface area contributed by atoms with Crippen LogP contribution in [0.1, 0.15) is 26.2 Å². The third-order valence-electron chi connectivity index (χ3n) is 2.29. The van der Waals surface area contributed by atoms with Gasteiger partial charge in [-0.25, -0.2) is 0 Å². The molecular weight excluding hydrogens is 273 g/mol. The molecule has 0 radical (unpaired) electrons. The number of unbranched alkanes of at least 4 members (excludes halogenated alkanes) is 1. The van der Waals surface area contributed by atoms with Gasteiger partial charge in [0, 0.05) is 6.61 Å². The Kier molecular flexibility index (Phi) is 8.88. The zero-order chi connectivity index (χ0) is 14.9. The number of ether oxygens (including phenoxy) is 1. The largest absolute Gasteiger partial charge is 0.465 e. The van der Waals surface area contributed by atoms with E-state index >= 15 is 0 Å². The highest BCUT2D eigenvalue weighted by atomic mass is 31.2. The number of hydrogen-bond acceptors (Lipinski definition) is 5. The summed E-state index contributed by atoms with van der Waals surface area (Å²) in [5.41, 5.74) is 5.98. The molecule has 0 spiro atoms. The average Bonchev–Trinajstić information content (AvgIpc) is 2.27. The summed E-state index contributed by atoms with van der Waals surface area (Å²) < 4.78 is 15.7. The highest BCUT2D eigenvalue weighted by molar-refractivity contribution is 7.52. The van der Waals surface area contributed by atoms with Crippen molar-refractivity contribution in [2.75, 3.05) is 19.4 Å². The van der Waals surface area contributed by atoms with Crippen molar-refractivity contribution >= 4 is 13.6 Å². The van der Waals surface area contributed by atoms with Crippen LogP contribution >= 0.6 is 7.60 Å². The van der Waals surface area contributed by atoms with Crippen molar-refractivity contribution in [1.82, 2.24) is 0 Å². The van der Waals surface area contributed by atoms with Crippen LogP contribution in [0.2, 0.25) is 0 Å². The summed E-state index contributed by atoms with van der Waals surface area (Å²) in [5, 5.41) is 8.68. The summed E-state index contributed by atoms with van der Waals surface area (Å²) in [6, 6.07) is -1.03. The zero-order valence-corrected chi connectivity index (χ0v) is 11.9. The third kappa shape index (κ3) is 9.81. The lowest BCUT2D eigenvalue weighted by Crippen LogP contribution is -2.30. The summed E-state index contributed by atoms with van der Waals surface area (Å²) in [6.45, 7) is 1.85. The number of carbonyl (C=O) groups is 1. The van der Waals surface area contributed by atoms with E-state index in [9.17, 15) is 9.36 Å². The summed E-state index contributed by atoms with van der Waals surface area (Å²) >= 11 is 0. The van der Waals surface area contributed by atoms with Gasteiger partial charge in [-0.05, 0) is 26.2 Å². The van der Waals surface area contributed by atoms with Gasteiger partial charge in [0.15, 0.2) is 0 Å². The lowest BCUT2D eigenvalue weighted by atomic mass is 10.1. The molecule has 7 nitrogen and oxygen atoms in total. The minimum absolute atomic E-state index is 0.00706. The summed E-state index contributed by atoms with van der Waals surface area (Å²) in [6.07, 6.45) is 2.35. The van der Waals surface area contributed by atoms with E-state index < -0.39 is 25.8 Å². The standard InChI is InChI=1S/C11H22NO6P/c1-2-18-11(14)10(12)7-9(5-3-4-6-13)8-19(15,16)17/h7,10,13H,2-6,8,12H2,1H3,(H2,15,16,17)/b9-7-. The van der Waals surface area contributed by atoms with Crippen LogP contribution in [0.4, 0.5) is 0 Å². The van der Waals surface area contributed by atoms with Gasteiger partial charge in [0.25, 0.3) is 0 Å².